The number of benzene rings is 3. The zero-order valence-corrected chi connectivity index (χ0v) is 26.5. The van der Waals surface area contributed by atoms with Gasteiger partial charge in [0.2, 0.25) is 0 Å². The molecule has 1 unspecified atom stereocenters. The summed E-state index contributed by atoms with van der Waals surface area (Å²) in [6, 6.07) is 25.7. The Labute approximate surface area is 254 Å². The number of hydrogen-bond acceptors (Lipinski definition) is 3. The number of amidine groups is 2. The molecule has 0 aromatic heterocycles. The molecule has 1 atom stereocenters. The van der Waals surface area contributed by atoms with Gasteiger partial charge in [0.05, 0.1) is 6.04 Å². The van der Waals surface area contributed by atoms with E-state index in [1.54, 1.807) is 0 Å². The minimum absolute atomic E-state index is 0.00703. The Morgan fingerprint density at radius 2 is 1.55 bits per heavy atom. The van der Waals surface area contributed by atoms with Crippen molar-refractivity contribution in [2.45, 2.75) is 63.6 Å². The summed E-state index contributed by atoms with van der Waals surface area (Å²) >= 11 is 7.34. The SMILES string of the molecule is CC1(C)CC(N=C2C=C3C(=Cc4ccccc4C3c3cccc(Br)c3)C(Nc3cccc(Br)c3)=N2)CC(C)(C)N1. The van der Waals surface area contributed by atoms with Gasteiger partial charge in [0.15, 0.2) is 0 Å². The number of fused-ring (bicyclic) bond motifs is 2. The van der Waals surface area contributed by atoms with Gasteiger partial charge in [-0.3, -0.25) is 4.99 Å². The molecule has 40 heavy (non-hydrogen) atoms. The second-order valence-electron chi connectivity index (χ2n) is 12.3. The third kappa shape index (κ3) is 5.81. The zero-order chi connectivity index (χ0) is 28.1. The van der Waals surface area contributed by atoms with Crippen LogP contribution in [0.3, 0.4) is 0 Å². The van der Waals surface area contributed by atoms with Gasteiger partial charge in [-0.1, -0.05) is 74.3 Å². The van der Waals surface area contributed by atoms with Crippen molar-refractivity contribution in [2.24, 2.45) is 9.98 Å². The maximum atomic E-state index is 5.32. The van der Waals surface area contributed by atoms with E-state index in [2.05, 4.69) is 143 Å². The van der Waals surface area contributed by atoms with Gasteiger partial charge in [-0.2, -0.15) is 0 Å². The van der Waals surface area contributed by atoms with Crippen LogP contribution in [0.25, 0.3) is 6.08 Å². The molecule has 204 valence electrons. The lowest BCUT2D eigenvalue weighted by Crippen LogP contribution is -2.58. The summed E-state index contributed by atoms with van der Waals surface area (Å²) in [5.74, 6) is 1.67. The van der Waals surface area contributed by atoms with Gasteiger partial charge >= 0.3 is 0 Å². The van der Waals surface area contributed by atoms with Crippen molar-refractivity contribution >= 4 is 55.3 Å². The molecule has 0 spiro atoms. The second-order valence-corrected chi connectivity index (χ2v) is 14.1. The summed E-state index contributed by atoms with van der Waals surface area (Å²) < 4.78 is 2.09. The summed E-state index contributed by atoms with van der Waals surface area (Å²) in [5.41, 5.74) is 7.07. The van der Waals surface area contributed by atoms with Crippen LogP contribution in [0.2, 0.25) is 0 Å². The first-order valence-corrected chi connectivity index (χ1v) is 15.4. The van der Waals surface area contributed by atoms with Crippen molar-refractivity contribution in [1.82, 2.24) is 5.32 Å². The number of aliphatic imine (C=N–C) groups is 2. The van der Waals surface area contributed by atoms with Crippen molar-refractivity contribution in [3.8, 4) is 0 Å². The Hall–Kier alpha value is -2.80. The molecule has 0 radical (unpaired) electrons. The van der Waals surface area contributed by atoms with Gasteiger partial charge in [-0.05, 0) is 105 Å². The van der Waals surface area contributed by atoms with Crippen LogP contribution in [0.4, 0.5) is 5.69 Å². The van der Waals surface area contributed by atoms with E-state index in [9.17, 15) is 0 Å². The van der Waals surface area contributed by atoms with Gasteiger partial charge in [0, 0.05) is 37.2 Å². The van der Waals surface area contributed by atoms with Crippen LogP contribution in [0.15, 0.2) is 109 Å². The first-order chi connectivity index (χ1) is 19.1. The summed E-state index contributed by atoms with van der Waals surface area (Å²) in [4.78, 5) is 10.5. The van der Waals surface area contributed by atoms with E-state index in [0.717, 1.165) is 44.7 Å². The second kappa shape index (κ2) is 10.6. The van der Waals surface area contributed by atoms with Crippen molar-refractivity contribution in [3.63, 3.8) is 0 Å². The van der Waals surface area contributed by atoms with Crippen molar-refractivity contribution in [2.75, 3.05) is 5.32 Å². The van der Waals surface area contributed by atoms with E-state index in [0.29, 0.717) is 0 Å². The summed E-state index contributed by atoms with van der Waals surface area (Å²) in [5, 5.41) is 7.43. The fourth-order valence-corrected chi connectivity index (χ4v) is 7.45. The largest absolute Gasteiger partial charge is 0.340 e. The lowest BCUT2D eigenvalue weighted by Gasteiger charge is -2.45. The normalized spacial score (nSPS) is 22.5. The highest BCUT2D eigenvalue weighted by atomic mass is 79.9. The standard InChI is InChI=1S/C34H34Br2N4/c1-33(2)19-26(20-34(3,4)40-33)37-30-18-28-29(32(39-30)38-25-13-8-12-24(36)17-25)16-21-9-5-6-14-27(21)31(28)22-10-7-11-23(35)15-22/h5-18,26,31,40H,19-20H2,1-4H3,(H,37,38,39). The Bertz CT molecular complexity index is 1580. The zero-order valence-electron chi connectivity index (χ0n) is 23.3. The third-order valence-electron chi connectivity index (χ3n) is 7.75. The molecule has 2 aliphatic heterocycles. The molecule has 6 heteroatoms. The fraction of sp³-hybridized carbons (Fsp3) is 0.294. The Morgan fingerprint density at radius 3 is 2.27 bits per heavy atom. The number of nitrogens with one attached hydrogen (secondary N) is 2. The summed E-state index contributed by atoms with van der Waals surface area (Å²) in [6.07, 6.45) is 6.43. The number of hydrogen-bond donors (Lipinski definition) is 2. The van der Waals surface area contributed by atoms with E-state index in [1.807, 2.05) is 12.1 Å². The van der Waals surface area contributed by atoms with Crippen LogP contribution >= 0.6 is 31.9 Å². The maximum Gasteiger partial charge on any atom is 0.150 e. The minimum atomic E-state index is 0.00703. The van der Waals surface area contributed by atoms with E-state index in [4.69, 9.17) is 9.98 Å². The average Bonchev–Trinajstić information content (AvgIpc) is 2.86. The van der Waals surface area contributed by atoms with E-state index < -0.39 is 0 Å². The molecule has 0 saturated carbocycles. The van der Waals surface area contributed by atoms with Gasteiger partial charge in [0.25, 0.3) is 0 Å². The molecular formula is C34H34Br2N4. The van der Waals surface area contributed by atoms with Crippen LogP contribution in [-0.4, -0.2) is 28.8 Å². The Balaban J connectivity index is 1.51. The van der Waals surface area contributed by atoms with Gasteiger partial charge in [-0.25, -0.2) is 4.99 Å². The topological polar surface area (TPSA) is 48.8 Å². The molecular weight excluding hydrogens is 624 g/mol. The first-order valence-electron chi connectivity index (χ1n) is 13.8. The summed E-state index contributed by atoms with van der Waals surface area (Å²) in [7, 11) is 0. The molecule has 1 fully saturated rings. The van der Waals surface area contributed by atoms with Crippen molar-refractivity contribution in [3.05, 3.63) is 116 Å². The number of rotatable bonds is 3. The third-order valence-corrected chi connectivity index (χ3v) is 8.73. The monoisotopic (exact) mass is 656 g/mol. The van der Waals surface area contributed by atoms with Crippen LogP contribution in [0, 0.1) is 0 Å². The molecule has 3 aromatic rings. The Morgan fingerprint density at radius 1 is 0.850 bits per heavy atom. The molecule has 6 rings (SSSR count). The number of anilines is 1. The van der Waals surface area contributed by atoms with Gasteiger partial charge in [-0.15, -0.1) is 0 Å². The molecule has 3 aliphatic rings. The highest BCUT2D eigenvalue weighted by Crippen LogP contribution is 2.45. The summed E-state index contributed by atoms with van der Waals surface area (Å²) in [6.45, 7) is 9.08. The molecule has 0 bridgehead atoms. The smallest absolute Gasteiger partial charge is 0.150 e. The quantitative estimate of drug-likeness (QED) is 0.296. The van der Waals surface area contributed by atoms with Gasteiger partial charge < -0.3 is 10.6 Å². The lowest BCUT2D eigenvalue weighted by molar-refractivity contribution is 0.164. The lowest BCUT2D eigenvalue weighted by atomic mass is 9.74. The van der Waals surface area contributed by atoms with Crippen LogP contribution < -0.4 is 10.6 Å². The number of piperidine rings is 1. The Kier molecular flexibility index (Phi) is 7.22. The molecule has 0 amide bonds. The van der Waals surface area contributed by atoms with Crippen molar-refractivity contribution in [1.29, 1.82) is 0 Å². The van der Waals surface area contributed by atoms with Crippen LogP contribution in [0.5, 0.6) is 0 Å². The number of nitrogens with zero attached hydrogens (tertiary/aromatic N) is 2. The van der Waals surface area contributed by atoms with E-state index in [1.165, 1.54) is 22.3 Å². The maximum absolute atomic E-state index is 5.32. The van der Waals surface area contributed by atoms with E-state index in [-0.39, 0.29) is 23.0 Å². The fourth-order valence-electron chi connectivity index (χ4n) is 6.64. The van der Waals surface area contributed by atoms with Gasteiger partial charge in [0.1, 0.15) is 11.7 Å². The molecule has 1 saturated heterocycles. The molecule has 2 N–H and O–H groups in total. The van der Waals surface area contributed by atoms with E-state index >= 15 is 0 Å². The molecule has 3 aromatic carbocycles. The van der Waals surface area contributed by atoms with Crippen LogP contribution in [-0.2, 0) is 0 Å². The number of dihydropyridines is 1. The van der Waals surface area contributed by atoms with Crippen molar-refractivity contribution < 1.29 is 0 Å². The molecule has 1 aliphatic carbocycles. The average molecular weight is 658 g/mol. The number of halogens is 2. The highest BCUT2D eigenvalue weighted by Gasteiger charge is 2.38. The minimum Gasteiger partial charge on any atom is -0.340 e. The molecule has 2 heterocycles. The predicted octanol–water partition coefficient (Wildman–Crippen LogP) is 8.90. The van der Waals surface area contributed by atoms with Crippen LogP contribution in [0.1, 0.15) is 63.1 Å². The highest BCUT2D eigenvalue weighted by molar-refractivity contribution is 9.10. The first kappa shape index (κ1) is 27.4. The molecule has 4 nitrogen and oxygen atoms in total. The predicted molar refractivity (Wildman–Crippen MR) is 175 cm³/mol.